The van der Waals surface area contributed by atoms with Gasteiger partial charge in [0.1, 0.15) is 13.2 Å². The molecular formula is C9H9F3O3. The van der Waals surface area contributed by atoms with Crippen molar-refractivity contribution < 1.29 is 27.1 Å². The fourth-order valence-electron chi connectivity index (χ4n) is 0.953. The number of alkyl halides is 3. The quantitative estimate of drug-likeness (QED) is 0.764. The SMILES string of the molecule is O=C(COCC(F)(F)F)Cc1ccoc1. The van der Waals surface area contributed by atoms with E-state index in [0.29, 0.717) is 5.56 Å². The van der Waals surface area contributed by atoms with Crippen LogP contribution in [0.2, 0.25) is 0 Å². The molecule has 0 radical (unpaired) electrons. The van der Waals surface area contributed by atoms with E-state index in [2.05, 4.69) is 4.74 Å². The largest absolute Gasteiger partial charge is 0.472 e. The first-order chi connectivity index (χ1) is 6.97. The summed E-state index contributed by atoms with van der Waals surface area (Å²) in [5.41, 5.74) is 0.621. The molecule has 0 atom stereocenters. The first-order valence-electron chi connectivity index (χ1n) is 4.14. The number of Topliss-reactive ketones (excluding diaryl/α,β-unsaturated/α-hetero) is 1. The highest BCUT2D eigenvalue weighted by Gasteiger charge is 2.27. The second-order valence-electron chi connectivity index (χ2n) is 2.96. The number of carbonyl (C=O) groups is 1. The average molecular weight is 222 g/mol. The lowest BCUT2D eigenvalue weighted by Crippen LogP contribution is -2.21. The zero-order valence-corrected chi connectivity index (χ0v) is 7.71. The minimum absolute atomic E-state index is 0.0222. The third-order valence-electron chi connectivity index (χ3n) is 1.51. The van der Waals surface area contributed by atoms with Crippen molar-refractivity contribution in [2.75, 3.05) is 13.2 Å². The van der Waals surface area contributed by atoms with Crippen molar-refractivity contribution in [2.24, 2.45) is 0 Å². The Kier molecular flexibility index (Phi) is 3.90. The summed E-state index contributed by atoms with van der Waals surface area (Å²) in [6, 6.07) is 1.57. The van der Waals surface area contributed by atoms with Crippen LogP contribution in [0, 0.1) is 0 Å². The Morgan fingerprint density at radius 2 is 2.20 bits per heavy atom. The molecule has 0 bridgehead atoms. The third kappa shape index (κ3) is 5.21. The Morgan fingerprint density at radius 3 is 2.73 bits per heavy atom. The predicted molar refractivity (Wildman–Crippen MR) is 44.3 cm³/mol. The summed E-state index contributed by atoms with van der Waals surface area (Å²) in [7, 11) is 0. The van der Waals surface area contributed by atoms with Gasteiger partial charge in [0.05, 0.1) is 12.5 Å². The predicted octanol–water partition coefficient (Wildman–Crippen LogP) is 1.97. The second kappa shape index (κ2) is 4.97. The molecule has 0 aliphatic heterocycles. The summed E-state index contributed by atoms with van der Waals surface area (Å²) in [6.07, 6.45) is -1.62. The number of ether oxygens (including phenoxy) is 1. The minimum Gasteiger partial charge on any atom is -0.472 e. The van der Waals surface area contributed by atoms with Gasteiger partial charge >= 0.3 is 6.18 Å². The molecule has 3 nitrogen and oxygen atoms in total. The lowest BCUT2D eigenvalue weighted by Gasteiger charge is -2.06. The zero-order chi connectivity index (χ0) is 11.3. The average Bonchev–Trinajstić information content (AvgIpc) is 2.54. The Morgan fingerprint density at radius 1 is 1.47 bits per heavy atom. The number of halogens is 3. The van der Waals surface area contributed by atoms with Gasteiger partial charge < -0.3 is 9.15 Å². The molecule has 0 N–H and O–H groups in total. The molecule has 0 fully saturated rings. The molecule has 0 unspecified atom stereocenters. The number of ketones is 1. The highest BCUT2D eigenvalue weighted by atomic mass is 19.4. The number of rotatable bonds is 5. The van der Waals surface area contributed by atoms with Gasteiger partial charge in [-0.25, -0.2) is 0 Å². The number of hydrogen-bond acceptors (Lipinski definition) is 3. The lowest BCUT2D eigenvalue weighted by molar-refractivity contribution is -0.175. The van der Waals surface area contributed by atoms with Crippen molar-refractivity contribution in [2.45, 2.75) is 12.6 Å². The van der Waals surface area contributed by atoms with Crippen LogP contribution >= 0.6 is 0 Å². The van der Waals surface area contributed by atoms with E-state index in [-0.39, 0.29) is 6.42 Å². The molecule has 84 valence electrons. The maximum Gasteiger partial charge on any atom is 0.411 e. The van der Waals surface area contributed by atoms with Crippen LogP contribution in [0.25, 0.3) is 0 Å². The van der Waals surface area contributed by atoms with E-state index in [1.165, 1.54) is 12.5 Å². The molecule has 0 aliphatic carbocycles. The summed E-state index contributed by atoms with van der Waals surface area (Å²) in [4.78, 5) is 11.1. The summed E-state index contributed by atoms with van der Waals surface area (Å²) >= 11 is 0. The van der Waals surface area contributed by atoms with E-state index < -0.39 is 25.2 Å². The van der Waals surface area contributed by atoms with Crippen LogP contribution in [-0.2, 0) is 16.0 Å². The first kappa shape index (κ1) is 11.8. The topological polar surface area (TPSA) is 39.4 Å². The van der Waals surface area contributed by atoms with Gasteiger partial charge in [0, 0.05) is 6.42 Å². The highest BCUT2D eigenvalue weighted by molar-refractivity contribution is 5.81. The monoisotopic (exact) mass is 222 g/mol. The molecule has 0 saturated heterocycles. The van der Waals surface area contributed by atoms with Gasteiger partial charge in [0.2, 0.25) is 0 Å². The maximum atomic E-state index is 11.6. The molecule has 15 heavy (non-hydrogen) atoms. The van der Waals surface area contributed by atoms with Crippen molar-refractivity contribution in [1.82, 2.24) is 0 Å². The van der Waals surface area contributed by atoms with Gasteiger partial charge in [-0.2, -0.15) is 13.2 Å². The number of furan rings is 1. The molecule has 1 aromatic rings. The van der Waals surface area contributed by atoms with Crippen LogP contribution in [0.5, 0.6) is 0 Å². The van der Waals surface area contributed by atoms with Gasteiger partial charge in [-0.3, -0.25) is 4.79 Å². The zero-order valence-electron chi connectivity index (χ0n) is 7.71. The Bertz CT molecular complexity index is 303. The summed E-state index contributed by atoms with van der Waals surface area (Å²) in [5, 5.41) is 0. The van der Waals surface area contributed by atoms with Crippen LogP contribution in [0.4, 0.5) is 13.2 Å². The van der Waals surface area contributed by atoms with Crippen LogP contribution in [0.15, 0.2) is 23.0 Å². The molecule has 1 heterocycles. The van der Waals surface area contributed by atoms with E-state index in [4.69, 9.17) is 4.42 Å². The van der Waals surface area contributed by atoms with Crippen molar-refractivity contribution in [3.05, 3.63) is 24.2 Å². The molecule has 1 aromatic heterocycles. The second-order valence-corrected chi connectivity index (χ2v) is 2.96. The van der Waals surface area contributed by atoms with E-state index in [9.17, 15) is 18.0 Å². The number of hydrogen-bond donors (Lipinski definition) is 0. The molecule has 0 saturated carbocycles. The maximum absolute atomic E-state index is 11.6. The molecule has 0 amide bonds. The van der Waals surface area contributed by atoms with E-state index in [1.807, 2.05) is 0 Å². The molecule has 0 spiro atoms. The normalized spacial score (nSPS) is 11.7. The van der Waals surface area contributed by atoms with E-state index in [1.54, 1.807) is 6.07 Å². The molecule has 0 aliphatic rings. The van der Waals surface area contributed by atoms with Gasteiger partial charge in [0.25, 0.3) is 0 Å². The van der Waals surface area contributed by atoms with Gasteiger partial charge in [-0.15, -0.1) is 0 Å². The van der Waals surface area contributed by atoms with E-state index in [0.717, 1.165) is 0 Å². The Balaban J connectivity index is 2.20. The van der Waals surface area contributed by atoms with E-state index >= 15 is 0 Å². The lowest BCUT2D eigenvalue weighted by atomic mass is 10.2. The van der Waals surface area contributed by atoms with Crippen LogP contribution in [0.3, 0.4) is 0 Å². The van der Waals surface area contributed by atoms with Crippen molar-refractivity contribution in [3.63, 3.8) is 0 Å². The fourth-order valence-corrected chi connectivity index (χ4v) is 0.953. The Hall–Kier alpha value is -1.30. The third-order valence-corrected chi connectivity index (χ3v) is 1.51. The molecule has 6 heteroatoms. The van der Waals surface area contributed by atoms with Crippen molar-refractivity contribution >= 4 is 5.78 Å². The van der Waals surface area contributed by atoms with Crippen LogP contribution < -0.4 is 0 Å². The molecular weight excluding hydrogens is 213 g/mol. The molecule has 0 aromatic carbocycles. The number of carbonyl (C=O) groups excluding carboxylic acids is 1. The summed E-state index contributed by atoms with van der Waals surface area (Å²) in [6.45, 7) is -1.94. The van der Waals surface area contributed by atoms with Crippen LogP contribution in [0.1, 0.15) is 5.56 Å². The van der Waals surface area contributed by atoms with Crippen molar-refractivity contribution in [3.8, 4) is 0 Å². The Labute approximate surface area is 83.8 Å². The molecule has 1 rings (SSSR count). The standard InChI is InChI=1S/C9H9F3O3/c10-9(11,12)6-15-5-8(13)3-7-1-2-14-4-7/h1-2,4H,3,5-6H2. The first-order valence-corrected chi connectivity index (χ1v) is 4.14. The summed E-state index contributed by atoms with van der Waals surface area (Å²) in [5.74, 6) is -0.416. The van der Waals surface area contributed by atoms with Crippen molar-refractivity contribution in [1.29, 1.82) is 0 Å². The fraction of sp³-hybridized carbons (Fsp3) is 0.444. The summed E-state index contributed by atoms with van der Waals surface area (Å²) < 4.78 is 43.8. The van der Waals surface area contributed by atoms with Gasteiger partial charge in [-0.05, 0) is 11.6 Å². The van der Waals surface area contributed by atoms with Gasteiger partial charge in [0.15, 0.2) is 5.78 Å². The van der Waals surface area contributed by atoms with Crippen LogP contribution in [-0.4, -0.2) is 25.2 Å². The van der Waals surface area contributed by atoms with Gasteiger partial charge in [-0.1, -0.05) is 0 Å². The smallest absolute Gasteiger partial charge is 0.411 e. The highest BCUT2D eigenvalue weighted by Crippen LogP contribution is 2.14. The minimum atomic E-state index is -4.39.